The highest BCUT2D eigenvalue weighted by Crippen LogP contribution is 2.29. The van der Waals surface area contributed by atoms with Gasteiger partial charge in [0.15, 0.2) is 0 Å². The standard InChI is InChI=1S/C18H19N3O2S2/c1-24-18-8-3-2-7-17(18)20-9-11-21(12-10-20)25(22,23)16-6-4-5-15(13-16)14-19/h2-8,13H,9-12H2,1H3. The lowest BCUT2D eigenvalue weighted by molar-refractivity contribution is 0.384. The fourth-order valence-electron chi connectivity index (χ4n) is 2.94. The van der Waals surface area contributed by atoms with Crippen molar-refractivity contribution >= 4 is 27.5 Å². The smallest absolute Gasteiger partial charge is 0.243 e. The lowest BCUT2D eigenvalue weighted by Gasteiger charge is -2.36. The molecule has 0 atom stereocenters. The summed E-state index contributed by atoms with van der Waals surface area (Å²) >= 11 is 1.69. The molecule has 0 aliphatic carbocycles. The summed E-state index contributed by atoms with van der Waals surface area (Å²) < 4.78 is 27.1. The van der Waals surface area contributed by atoms with Gasteiger partial charge in [-0.05, 0) is 36.6 Å². The maximum atomic E-state index is 12.8. The number of sulfonamides is 1. The van der Waals surface area contributed by atoms with Crippen LogP contribution in [0.25, 0.3) is 0 Å². The van der Waals surface area contributed by atoms with E-state index in [0.29, 0.717) is 31.7 Å². The number of hydrogen-bond donors (Lipinski definition) is 0. The van der Waals surface area contributed by atoms with Crippen molar-refractivity contribution in [2.24, 2.45) is 0 Å². The summed E-state index contributed by atoms with van der Waals surface area (Å²) in [4.78, 5) is 3.61. The van der Waals surface area contributed by atoms with Crippen molar-refractivity contribution in [2.75, 3.05) is 37.3 Å². The van der Waals surface area contributed by atoms with E-state index in [4.69, 9.17) is 5.26 Å². The zero-order valence-corrected chi connectivity index (χ0v) is 15.6. The highest BCUT2D eigenvalue weighted by Gasteiger charge is 2.29. The number of piperazine rings is 1. The maximum Gasteiger partial charge on any atom is 0.243 e. The molecule has 0 saturated carbocycles. The summed E-state index contributed by atoms with van der Waals surface area (Å²) in [6, 6.07) is 16.4. The van der Waals surface area contributed by atoms with Crippen molar-refractivity contribution < 1.29 is 8.42 Å². The van der Waals surface area contributed by atoms with Crippen molar-refractivity contribution in [3.05, 3.63) is 54.1 Å². The second-order valence-corrected chi connectivity index (χ2v) is 8.49. The zero-order valence-electron chi connectivity index (χ0n) is 13.9. The predicted octanol–water partition coefficient (Wildman–Crippen LogP) is 2.79. The number of hydrogen-bond acceptors (Lipinski definition) is 5. The molecule has 0 aromatic heterocycles. The van der Waals surface area contributed by atoms with Crippen molar-refractivity contribution in [1.82, 2.24) is 4.31 Å². The number of nitriles is 1. The van der Waals surface area contributed by atoms with Crippen LogP contribution >= 0.6 is 11.8 Å². The highest BCUT2D eigenvalue weighted by molar-refractivity contribution is 7.98. The quantitative estimate of drug-likeness (QED) is 0.771. The fraction of sp³-hybridized carbons (Fsp3) is 0.278. The molecule has 1 saturated heterocycles. The summed E-state index contributed by atoms with van der Waals surface area (Å²) in [6.45, 7) is 2.16. The van der Waals surface area contributed by atoms with Crippen LogP contribution < -0.4 is 4.90 Å². The Kier molecular flexibility index (Phi) is 5.33. The molecule has 130 valence electrons. The molecule has 0 unspecified atom stereocenters. The van der Waals surface area contributed by atoms with E-state index in [9.17, 15) is 8.42 Å². The van der Waals surface area contributed by atoms with Crippen LogP contribution in [0.1, 0.15) is 5.56 Å². The Labute approximate surface area is 152 Å². The van der Waals surface area contributed by atoms with E-state index in [2.05, 4.69) is 17.0 Å². The Balaban J connectivity index is 1.76. The van der Waals surface area contributed by atoms with E-state index < -0.39 is 10.0 Å². The van der Waals surface area contributed by atoms with Gasteiger partial charge in [0.25, 0.3) is 0 Å². The first kappa shape index (κ1) is 17.8. The Morgan fingerprint density at radius 3 is 2.44 bits per heavy atom. The van der Waals surface area contributed by atoms with Gasteiger partial charge in [0, 0.05) is 31.1 Å². The average molecular weight is 374 g/mol. The van der Waals surface area contributed by atoms with Crippen molar-refractivity contribution in [3.63, 3.8) is 0 Å². The van der Waals surface area contributed by atoms with Crippen LogP contribution in [0.2, 0.25) is 0 Å². The van der Waals surface area contributed by atoms with Gasteiger partial charge in [-0.15, -0.1) is 11.8 Å². The van der Waals surface area contributed by atoms with Gasteiger partial charge in [0.1, 0.15) is 0 Å². The summed E-state index contributed by atoms with van der Waals surface area (Å²) in [5.74, 6) is 0. The van der Waals surface area contributed by atoms with Gasteiger partial charge in [-0.3, -0.25) is 0 Å². The molecular formula is C18H19N3O2S2. The molecule has 0 N–H and O–H groups in total. The number of benzene rings is 2. The molecule has 1 heterocycles. The van der Waals surface area contributed by atoms with Crippen LogP contribution in [0.3, 0.4) is 0 Å². The summed E-state index contributed by atoms with van der Waals surface area (Å²) in [6.07, 6.45) is 2.04. The van der Waals surface area contributed by atoms with Crippen LogP contribution in [0, 0.1) is 11.3 Å². The largest absolute Gasteiger partial charge is 0.368 e. The van der Waals surface area contributed by atoms with Gasteiger partial charge in [-0.2, -0.15) is 9.57 Å². The predicted molar refractivity (Wildman–Crippen MR) is 100 cm³/mol. The van der Waals surface area contributed by atoms with Crippen LogP contribution in [0.15, 0.2) is 58.3 Å². The maximum absolute atomic E-state index is 12.8. The van der Waals surface area contributed by atoms with Gasteiger partial charge in [-0.1, -0.05) is 18.2 Å². The molecule has 5 nitrogen and oxygen atoms in total. The van der Waals surface area contributed by atoms with Crippen LogP contribution in [-0.2, 0) is 10.0 Å². The minimum Gasteiger partial charge on any atom is -0.368 e. The zero-order chi connectivity index (χ0) is 17.9. The van der Waals surface area contributed by atoms with Crippen LogP contribution in [-0.4, -0.2) is 45.2 Å². The summed E-state index contributed by atoms with van der Waals surface area (Å²) in [7, 11) is -3.57. The topological polar surface area (TPSA) is 64.4 Å². The van der Waals surface area contributed by atoms with E-state index >= 15 is 0 Å². The van der Waals surface area contributed by atoms with E-state index in [0.717, 1.165) is 5.69 Å². The molecule has 0 amide bonds. The third-order valence-corrected chi connectivity index (χ3v) is 6.95. The first-order chi connectivity index (χ1) is 12.1. The first-order valence-electron chi connectivity index (χ1n) is 7.94. The molecule has 1 aliphatic heterocycles. The van der Waals surface area contributed by atoms with Gasteiger partial charge in [-0.25, -0.2) is 8.42 Å². The molecular weight excluding hydrogens is 354 g/mol. The van der Waals surface area contributed by atoms with Crippen molar-refractivity contribution in [3.8, 4) is 6.07 Å². The molecule has 7 heteroatoms. The van der Waals surface area contributed by atoms with Crippen LogP contribution in [0.4, 0.5) is 5.69 Å². The van der Waals surface area contributed by atoms with Gasteiger partial charge in [0.2, 0.25) is 10.0 Å². The molecule has 25 heavy (non-hydrogen) atoms. The Morgan fingerprint density at radius 2 is 1.76 bits per heavy atom. The lowest BCUT2D eigenvalue weighted by atomic mass is 10.2. The number of para-hydroxylation sites is 1. The monoisotopic (exact) mass is 373 g/mol. The number of thioether (sulfide) groups is 1. The molecule has 0 spiro atoms. The van der Waals surface area contributed by atoms with Gasteiger partial charge >= 0.3 is 0 Å². The Morgan fingerprint density at radius 1 is 1.04 bits per heavy atom. The molecule has 2 aromatic carbocycles. The molecule has 3 rings (SSSR count). The second-order valence-electron chi connectivity index (χ2n) is 5.70. The third kappa shape index (κ3) is 3.66. The molecule has 1 fully saturated rings. The summed E-state index contributed by atoms with van der Waals surface area (Å²) in [5.41, 5.74) is 1.51. The first-order valence-corrected chi connectivity index (χ1v) is 10.6. The van der Waals surface area contributed by atoms with E-state index in [1.54, 1.807) is 30.0 Å². The molecule has 1 aliphatic rings. The minimum atomic E-state index is -3.57. The van der Waals surface area contributed by atoms with E-state index in [-0.39, 0.29) is 4.90 Å². The molecule has 0 bridgehead atoms. The fourth-order valence-corrected chi connectivity index (χ4v) is 5.03. The number of rotatable bonds is 4. The average Bonchev–Trinajstić information content (AvgIpc) is 2.68. The van der Waals surface area contributed by atoms with Crippen molar-refractivity contribution in [2.45, 2.75) is 9.79 Å². The number of anilines is 1. The number of nitrogens with zero attached hydrogens (tertiary/aromatic N) is 3. The van der Waals surface area contributed by atoms with Crippen molar-refractivity contribution in [1.29, 1.82) is 5.26 Å². The molecule has 0 radical (unpaired) electrons. The van der Waals surface area contributed by atoms with E-state index in [1.165, 1.54) is 15.3 Å². The highest BCUT2D eigenvalue weighted by atomic mass is 32.2. The second kappa shape index (κ2) is 7.48. The normalized spacial score (nSPS) is 15.8. The Hall–Kier alpha value is -2.01. The Bertz CT molecular complexity index is 899. The minimum absolute atomic E-state index is 0.185. The lowest BCUT2D eigenvalue weighted by Crippen LogP contribution is -2.48. The van der Waals surface area contributed by atoms with Gasteiger partial charge < -0.3 is 4.90 Å². The van der Waals surface area contributed by atoms with Crippen LogP contribution in [0.5, 0.6) is 0 Å². The van der Waals surface area contributed by atoms with Gasteiger partial charge in [0.05, 0.1) is 22.2 Å². The molecule has 2 aromatic rings. The summed E-state index contributed by atoms with van der Waals surface area (Å²) in [5, 5.41) is 8.98. The van der Waals surface area contributed by atoms with E-state index in [1.807, 2.05) is 24.5 Å². The third-order valence-electron chi connectivity index (χ3n) is 4.27. The SMILES string of the molecule is CSc1ccccc1N1CCN(S(=O)(=O)c2cccc(C#N)c2)CC1.